The number of ketones is 1. The zero-order chi connectivity index (χ0) is 13.3. The fourth-order valence-electron chi connectivity index (χ4n) is 2.29. The van der Waals surface area contributed by atoms with E-state index >= 15 is 0 Å². The average Bonchev–Trinajstić information content (AvgIpc) is 2.64. The van der Waals surface area contributed by atoms with E-state index in [0.29, 0.717) is 24.0 Å². The molecule has 2 nitrogen and oxygen atoms in total. The highest BCUT2D eigenvalue weighted by atomic mass is 19.2. The van der Waals surface area contributed by atoms with E-state index in [9.17, 15) is 13.6 Å². The lowest BCUT2D eigenvalue weighted by atomic mass is 9.94. The van der Waals surface area contributed by atoms with Gasteiger partial charge in [0.2, 0.25) is 0 Å². The van der Waals surface area contributed by atoms with E-state index < -0.39 is 11.6 Å². The lowest BCUT2D eigenvalue weighted by molar-refractivity contribution is -0.114. The van der Waals surface area contributed by atoms with Gasteiger partial charge >= 0.3 is 0 Å². The molecular formula is C14H15F2NO. The molecule has 1 aliphatic rings. The molecule has 96 valence electrons. The second-order valence-electron chi connectivity index (χ2n) is 4.74. The number of carbonyl (C=O) groups is 1. The first-order chi connectivity index (χ1) is 8.49. The van der Waals surface area contributed by atoms with Gasteiger partial charge in [0.1, 0.15) is 0 Å². The first kappa shape index (κ1) is 12.7. The summed E-state index contributed by atoms with van der Waals surface area (Å²) in [4.78, 5) is 13.6. The minimum absolute atomic E-state index is 0.0819. The van der Waals surface area contributed by atoms with E-state index in [0.717, 1.165) is 6.07 Å². The zero-order valence-corrected chi connectivity index (χ0v) is 10.4. The topological polar surface area (TPSA) is 20.3 Å². The highest BCUT2D eigenvalue weighted by molar-refractivity contribution is 5.99. The number of halogens is 2. The van der Waals surface area contributed by atoms with Crippen molar-refractivity contribution in [3.63, 3.8) is 0 Å². The molecule has 1 fully saturated rings. The van der Waals surface area contributed by atoms with Gasteiger partial charge in [-0.25, -0.2) is 8.78 Å². The van der Waals surface area contributed by atoms with Gasteiger partial charge in [0, 0.05) is 38.2 Å². The number of benzene rings is 1. The van der Waals surface area contributed by atoms with E-state index in [1.54, 1.807) is 17.2 Å². The van der Waals surface area contributed by atoms with Crippen LogP contribution in [0.5, 0.6) is 0 Å². The Morgan fingerprint density at radius 3 is 2.61 bits per heavy atom. The fraction of sp³-hybridized carbons (Fsp3) is 0.357. The van der Waals surface area contributed by atoms with Crippen molar-refractivity contribution >= 4 is 5.78 Å². The minimum Gasteiger partial charge on any atom is -0.383 e. The molecule has 0 heterocycles. The molecule has 0 aliphatic heterocycles. The number of hydrogen-bond acceptors (Lipinski definition) is 2. The summed E-state index contributed by atoms with van der Waals surface area (Å²) < 4.78 is 26.1. The Labute approximate surface area is 105 Å². The molecule has 0 radical (unpaired) electrons. The predicted octanol–water partition coefficient (Wildman–Crippen LogP) is 2.86. The van der Waals surface area contributed by atoms with Crippen LogP contribution in [0.25, 0.3) is 0 Å². The van der Waals surface area contributed by atoms with Gasteiger partial charge in [-0.15, -0.1) is 0 Å². The van der Waals surface area contributed by atoms with Crippen molar-refractivity contribution in [2.24, 2.45) is 0 Å². The lowest BCUT2D eigenvalue weighted by Crippen LogP contribution is -2.09. The van der Waals surface area contributed by atoms with Crippen LogP contribution in [-0.4, -0.2) is 24.8 Å². The van der Waals surface area contributed by atoms with E-state index in [1.807, 2.05) is 14.1 Å². The molecule has 1 atom stereocenters. The van der Waals surface area contributed by atoms with Gasteiger partial charge < -0.3 is 4.90 Å². The number of nitrogens with zero attached hydrogens (tertiary/aromatic N) is 1. The molecule has 18 heavy (non-hydrogen) atoms. The van der Waals surface area contributed by atoms with Gasteiger partial charge in [-0.3, -0.25) is 4.79 Å². The number of allylic oxidation sites excluding steroid dienone is 1. The Morgan fingerprint density at radius 2 is 2.00 bits per heavy atom. The van der Waals surface area contributed by atoms with Crippen LogP contribution < -0.4 is 0 Å². The van der Waals surface area contributed by atoms with Crippen LogP contribution in [-0.2, 0) is 4.79 Å². The number of rotatable bonds is 2. The summed E-state index contributed by atoms with van der Waals surface area (Å²) in [7, 11) is 3.67. The Balaban J connectivity index is 2.37. The number of hydrogen-bond donors (Lipinski definition) is 0. The van der Waals surface area contributed by atoms with Crippen LogP contribution in [0.3, 0.4) is 0 Å². The standard InChI is InChI=1S/C14H15F2NO/c1-17(2)8-11-10(4-6-14(11)18)9-3-5-12(15)13(16)7-9/h3,5,7-8,10H,4,6H2,1-2H3/b11-8-/t10-/m1/s1. The minimum atomic E-state index is -0.865. The third kappa shape index (κ3) is 2.42. The predicted molar refractivity (Wildman–Crippen MR) is 65.1 cm³/mol. The first-order valence-electron chi connectivity index (χ1n) is 5.85. The summed E-state index contributed by atoms with van der Waals surface area (Å²) >= 11 is 0. The Hall–Kier alpha value is -1.71. The van der Waals surface area contributed by atoms with Crippen LogP contribution in [0.2, 0.25) is 0 Å². The Kier molecular flexibility index (Phi) is 3.45. The maximum absolute atomic E-state index is 13.2. The summed E-state index contributed by atoms with van der Waals surface area (Å²) in [5.41, 5.74) is 1.33. The van der Waals surface area contributed by atoms with Crippen molar-refractivity contribution in [1.29, 1.82) is 0 Å². The van der Waals surface area contributed by atoms with Crippen molar-refractivity contribution in [2.75, 3.05) is 14.1 Å². The van der Waals surface area contributed by atoms with E-state index in [2.05, 4.69) is 0 Å². The lowest BCUT2D eigenvalue weighted by Gasteiger charge is -2.14. The molecule has 2 rings (SSSR count). The molecule has 0 amide bonds. The van der Waals surface area contributed by atoms with Crippen LogP contribution >= 0.6 is 0 Å². The molecular weight excluding hydrogens is 236 g/mol. The van der Waals surface area contributed by atoms with Crippen LogP contribution in [0.1, 0.15) is 24.3 Å². The molecule has 0 N–H and O–H groups in total. The quantitative estimate of drug-likeness (QED) is 0.753. The van der Waals surface area contributed by atoms with Gasteiger partial charge in [-0.1, -0.05) is 6.07 Å². The largest absolute Gasteiger partial charge is 0.383 e. The maximum Gasteiger partial charge on any atom is 0.160 e. The first-order valence-corrected chi connectivity index (χ1v) is 5.85. The highest BCUT2D eigenvalue weighted by Crippen LogP contribution is 2.37. The molecule has 0 saturated heterocycles. The third-order valence-electron chi connectivity index (χ3n) is 3.10. The summed E-state index contributed by atoms with van der Waals surface area (Å²) in [6, 6.07) is 3.84. The molecule has 4 heteroatoms. The summed E-state index contributed by atoms with van der Waals surface area (Å²) in [6.07, 6.45) is 2.88. The SMILES string of the molecule is CN(C)/C=C1\C(=O)CC[C@@H]1c1ccc(F)c(F)c1. The maximum atomic E-state index is 13.2. The van der Waals surface area contributed by atoms with Gasteiger partial charge in [0.05, 0.1) is 0 Å². The average molecular weight is 251 g/mol. The zero-order valence-electron chi connectivity index (χ0n) is 10.4. The molecule has 0 bridgehead atoms. The van der Waals surface area contributed by atoms with Crippen molar-refractivity contribution < 1.29 is 13.6 Å². The van der Waals surface area contributed by atoms with Crippen molar-refractivity contribution in [2.45, 2.75) is 18.8 Å². The van der Waals surface area contributed by atoms with Crippen molar-refractivity contribution in [3.8, 4) is 0 Å². The van der Waals surface area contributed by atoms with Crippen molar-refractivity contribution in [3.05, 3.63) is 47.2 Å². The molecule has 1 saturated carbocycles. The number of Topliss-reactive ketones (excluding diaryl/α,β-unsaturated/α-hetero) is 1. The highest BCUT2D eigenvalue weighted by Gasteiger charge is 2.30. The fourth-order valence-corrected chi connectivity index (χ4v) is 2.29. The van der Waals surface area contributed by atoms with E-state index in [1.165, 1.54) is 6.07 Å². The Morgan fingerprint density at radius 1 is 1.28 bits per heavy atom. The smallest absolute Gasteiger partial charge is 0.160 e. The second-order valence-corrected chi connectivity index (χ2v) is 4.74. The molecule has 1 aromatic carbocycles. The van der Waals surface area contributed by atoms with Gasteiger partial charge in [0.25, 0.3) is 0 Å². The van der Waals surface area contributed by atoms with E-state index in [-0.39, 0.29) is 11.7 Å². The van der Waals surface area contributed by atoms with Gasteiger partial charge in [-0.05, 0) is 24.1 Å². The molecule has 0 spiro atoms. The van der Waals surface area contributed by atoms with Crippen molar-refractivity contribution in [1.82, 2.24) is 4.90 Å². The molecule has 1 aliphatic carbocycles. The summed E-state index contributed by atoms with van der Waals surface area (Å²) in [5, 5.41) is 0. The second kappa shape index (κ2) is 4.88. The van der Waals surface area contributed by atoms with Gasteiger partial charge in [0.15, 0.2) is 17.4 Å². The third-order valence-corrected chi connectivity index (χ3v) is 3.10. The molecule has 1 aromatic rings. The monoisotopic (exact) mass is 251 g/mol. The van der Waals surface area contributed by atoms with E-state index in [4.69, 9.17) is 0 Å². The molecule has 0 aromatic heterocycles. The summed E-state index contributed by atoms with van der Waals surface area (Å²) in [5.74, 6) is -1.77. The van der Waals surface area contributed by atoms with Gasteiger partial charge in [-0.2, -0.15) is 0 Å². The van der Waals surface area contributed by atoms with Crippen LogP contribution in [0.4, 0.5) is 8.78 Å². The van der Waals surface area contributed by atoms with Crippen LogP contribution in [0.15, 0.2) is 30.0 Å². The summed E-state index contributed by atoms with van der Waals surface area (Å²) in [6.45, 7) is 0. The Bertz CT molecular complexity index is 509. The van der Waals surface area contributed by atoms with Crippen LogP contribution in [0, 0.1) is 11.6 Å². The normalized spacial score (nSPS) is 21.7. The number of carbonyl (C=O) groups excluding carboxylic acids is 1. The molecule has 0 unspecified atom stereocenters.